The number of halogens is 1. The van der Waals surface area contributed by atoms with E-state index in [0.717, 1.165) is 16.8 Å². The van der Waals surface area contributed by atoms with E-state index in [-0.39, 0.29) is 18.2 Å². The highest BCUT2D eigenvalue weighted by Gasteiger charge is 2.20. The van der Waals surface area contributed by atoms with Gasteiger partial charge in [-0.25, -0.2) is 4.68 Å². The first-order chi connectivity index (χ1) is 14.0. The zero-order valence-corrected chi connectivity index (χ0v) is 17.1. The van der Waals surface area contributed by atoms with Crippen molar-refractivity contribution in [2.24, 2.45) is 5.16 Å². The Bertz CT molecular complexity index is 1030. The van der Waals surface area contributed by atoms with Crippen molar-refractivity contribution >= 4 is 23.2 Å². The summed E-state index contributed by atoms with van der Waals surface area (Å²) in [4.78, 5) is 17.2. The lowest BCUT2D eigenvalue weighted by molar-refractivity contribution is -0.114. The second-order valence-electron chi connectivity index (χ2n) is 6.17. The standard InChI is InChI=1S/C21H21ClN4O3/c1-14-5-4-6-15(19(14)20(25-28-3)21(27)23-2)13-29-18-11-12-26(24-18)17-9-7-16(22)8-10-17/h4-12H,13H2,1-3H3,(H,23,27)/b25-20+. The molecule has 0 aliphatic heterocycles. The molecule has 7 nitrogen and oxygen atoms in total. The zero-order valence-electron chi connectivity index (χ0n) is 16.3. The predicted molar refractivity (Wildman–Crippen MR) is 112 cm³/mol. The second kappa shape index (κ2) is 9.25. The summed E-state index contributed by atoms with van der Waals surface area (Å²) < 4.78 is 7.57. The molecule has 0 aliphatic carbocycles. The summed E-state index contributed by atoms with van der Waals surface area (Å²) >= 11 is 5.93. The number of carbonyl (C=O) groups excluding carboxylic acids is 1. The van der Waals surface area contributed by atoms with Gasteiger partial charge in [0.05, 0.1) is 5.69 Å². The van der Waals surface area contributed by atoms with Crippen LogP contribution < -0.4 is 10.1 Å². The van der Waals surface area contributed by atoms with Crippen molar-refractivity contribution < 1.29 is 14.4 Å². The summed E-state index contributed by atoms with van der Waals surface area (Å²) in [5.41, 5.74) is 3.42. The number of nitrogens with zero attached hydrogens (tertiary/aromatic N) is 3. The Balaban J connectivity index is 1.83. The third-order valence-electron chi connectivity index (χ3n) is 4.25. The van der Waals surface area contributed by atoms with E-state index in [1.165, 1.54) is 7.11 Å². The largest absolute Gasteiger partial charge is 0.472 e. The minimum Gasteiger partial charge on any atom is -0.472 e. The van der Waals surface area contributed by atoms with Gasteiger partial charge in [0.1, 0.15) is 13.7 Å². The third kappa shape index (κ3) is 4.75. The number of amides is 1. The number of likely N-dealkylation sites (N-methyl/N-ethyl adjacent to an activating group) is 1. The molecule has 0 bridgehead atoms. The van der Waals surface area contributed by atoms with Gasteiger partial charge in [-0.3, -0.25) is 4.79 Å². The van der Waals surface area contributed by atoms with Gasteiger partial charge >= 0.3 is 0 Å². The molecule has 0 radical (unpaired) electrons. The summed E-state index contributed by atoms with van der Waals surface area (Å²) in [5.74, 6) is 0.118. The molecule has 0 aliphatic rings. The molecule has 3 rings (SSSR count). The maximum atomic E-state index is 12.3. The number of nitrogens with one attached hydrogen (secondary N) is 1. The molecule has 1 aromatic heterocycles. The fraction of sp³-hybridized carbons (Fsp3) is 0.190. The minimum atomic E-state index is -0.339. The highest BCUT2D eigenvalue weighted by molar-refractivity contribution is 6.45. The maximum Gasteiger partial charge on any atom is 0.273 e. The van der Waals surface area contributed by atoms with E-state index in [1.807, 2.05) is 37.3 Å². The first-order valence-corrected chi connectivity index (χ1v) is 9.27. The second-order valence-corrected chi connectivity index (χ2v) is 6.61. The monoisotopic (exact) mass is 412 g/mol. The zero-order chi connectivity index (χ0) is 20.8. The summed E-state index contributed by atoms with van der Waals surface area (Å²) in [6.07, 6.45) is 1.80. The number of benzene rings is 2. The highest BCUT2D eigenvalue weighted by Crippen LogP contribution is 2.20. The molecule has 0 unspecified atom stereocenters. The van der Waals surface area contributed by atoms with Crippen molar-refractivity contribution in [3.63, 3.8) is 0 Å². The Morgan fingerprint density at radius 1 is 1.21 bits per heavy atom. The van der Waals surface area contributed by atoms with E-state index in [2.05, 4.69) is 15.6 Å². The molecular weight excluding hydrogens is 392 g/mol. The van der Waals surface area contributed by atoms with Crippen LogP contribution in [-0.4, -0.2) is 35.6 Å². The molecule has 8 heteroatoms. The van der Waals surface area contributed by atoms with E-state index in [9.17, 15) is 4.79 Å². The average Bonchev–Trinajstić information content (AvgIpc) is 3.20. The topological polar surface area (TPSA) is 77.7 Å². The maximum absolute atomic E-state index is 12.3. The number of aromatic nitrogens is 2. The Hall–Kier alpha value is -3.32. The summed E-state index contributed by atoms with van der Waals surface area (Å²) in [5, 5.41) is 11.6. The van der Waals surface area contributed by atoms with E-state index >= 15 is 0 Å². The van der Waals surface area contributed by atoms with Crippen molar-refractivity contribution in [3.05, 3.63) is 76.4 Å². The fourth-order valence-corrected chi connectivity index (χ4v) is 3.00. The van der Waals surface area contributed by atoms with Gasteiger partial charge in [-0.05, 0) is 42.3 Å². The number of rotatable bonds is 7. The summed E-state index contributed by atoms with van der Waals surface area (Å²) in [6, 6.07) is 14.8. The van der Waals surface area contributed by atoms with E-state index in [1.54, 1.807) is 36.1 Å². The van der Waals surface area contributed by atoms with Crippen LogP contribution in [0.25, 0.3) is 5.69 Å². The van der Waals surface area contributed by atoms with Crippen LogP contribution in [0.15, 0.2) is 59.9 Å². The lowest BCUT2D eigenvalue weighted by Gasteiger charge is -2.13. The average molecular weight is 413 g/mol. The van der Waals surface area contributed by atoms with Crippen LogP contribution in [0.1, 0.15) is 16.7 Å². The van der Waals surface area contributed by atoms with Crippen LogP contribution in [0.2, 0.25) is 5.02 Å². The number of hydrogen-bond donors (Lipinski definition) is 1. The van der Waals surface area contributed by atoms with Crippen LogP contribution in [0.4, 0.5) is 0 Å². The third-order valence-corrected chi connectivity index (χ3v) is 4.50. The lowest BCUT2D eigenvalue weighted by Crippen LogP contribution is -2.30. The van der Waals surface area contributed by atoms with Gasteiger partial charge < -0.3 is 14.9 Å². The van der Waals surface area contributed by atoms with Crippen LogP contribution in [0.3, 0.4) is 0 Å². The van der Waals surface area contributed by atoms with Crippen molar-refractivity contribution in [1.82, 2.24) is 15.1 Å². The lowest BCUT2D eigenvalue weighted by atomic mass is 9.97. The molecule has 2 aromatic carbocycles. The van der Waals surface area contributed by atoms with E-state index < -0.39 is 0 Å². The molecule has 1 heterocycles. The van der Waals surface area contributed by atoms with Gasteiger partial charge in [0.25, 0.3) is 5.91 Å². The minimum absolute atomic E-state index is 0.193. The molecule has 3 aromatic rings. The number of ether oxygens (including phenoxy) is 1. The smallest absolute Gasteiger partial charge is 0.273 e. The van der Waals surface area contributed by atoms with Gasteiger partial charge in [-0.2, -0.15) is 0 Å². The summed E-state index contributed by atoms with van der Waals surface area (Å²) in [6.45, 7) is 2.12. The van der Waals surface area contributed by atoms with Crippen molar-refractivity contribution in [2.45, 2.75) is 13.5 Å². The van der Waals surface area contributed by atoms with Gasteiger partial charge in [-0.15, -0.1) is 5.10 Å². The molecule has 0 spiro atoms. The Morgan fingerprint density at radius 2 is 1.97 bits per heavy atom. The highest BCUT2D eigenvalue weighted by atomic mass is 35.5. The fourth-order valence-electron chi connectivity index (χ4n) is 2.87. The Kier molecular flexibility index (Phi) is 6.51. The number of carbonyl (C=O) groups is 1. The van der Waals surface area contributed by atoms with Gasteiger partial charge in [-0.1, -0.05) is 35.0 Å². The number of aryl methyl sites for hydroxylation is 1. The quantitative estimate of drug-likeness (QED) is 0.476. The van der Waals surface area contributed by atoms with Gasteiger partial charge in [0, 0.05) is 29.9 Å². The molecule has 0 atom stereocenters. The first-order valence-electron chi connectivity index (χ1n) is 8.90. The van der Waals surface area contributed by atoms with Crippen LogP contribution >= 0.6 is 11.6 Å². The molecule has 1 N–H and O–H groups in total. The Morgan fingerprint density at radius 3 is 2.66 bits per heavy atom. The summed E-state index contributed by atoms with van der Waals surface area (Å²) in [7, 11) is 2.95. The van der Waals surface area contributed by atoms with Crippen LogP contribution in [-0.2, 0) is 16.2 Å². The normalized spacial score (nSPS) is 11.2. The SMILES string of the molecule is CNC(=O)/C(=N/OC)c1c(C)cccc1COc1ccn(-c2ccc(Cl)cc2)n1. The van der Waals surface area contributed by atoms with Crippen molar-refractivity contribution in [2.75, 3.05) is 14.2 Å². The molecule has 0 saturated heterocycles. The van der Waals surface area contributed by atoms with E-state index in [4.69, 9.17) is 21.2 Å². The predicted octanol–water partition coefficient (Wildman–Crippen LogP) is 3.51. The molecule has 150 valence electrons. The first kappa shape index (κ1) is 20.4. The molecule has 0 fully saturated rings. The van der Waals surface area contributed by atoms with Crippen molar-refractivity contribution in [1.29, 1.82) is 0 Å². The van der Waals surface area contributed by atoms with Crippen LogP contribution in [0, 0.1) is 6.92 Å². The Labute approximate surface area is 173 Å². The van der Waals surface area contributed by atoms with Gasteiger partial charge in [0.15, 0.2) is 5.71 Å². The molecular formula is C21H21ClN4O3. The molecule has 0 saturated carbocycles. The van der Waals surface area contributed by atoms with Crippen molar-refractivity contribution in [3.8, 4) is 11.6 Å². The molecule has 1 amide bonds. The van der Waals surface area contributed by atoms with E-state index in [0.29, 0.717) is 16.5 Å². The number of hydrogen-bond acceptors (Lipinski definition) is 5. The van der Waals surface area contributed by atoms with Crippen LogP contribution in [0.5, 0.6) is 5.88 Å². The number of oxime groups is 1. The van der Waals surface area contributed by atoms with Gasteiger partial charge in [0.2, 0.25) is 5.88 Å². The molecule has 29 heavy (non-hydrogen) atoms.